The third-order valence-electron chi connectivity index (χ3n) is 4.33. The molecule has 1 aromatic heterocycles. The van der Waals surface area contributed by atoms with Crippen LogP contribution in [0.4, 0.5) is 0 Å². The minimum Gasteiger partial charge on any atom is -0.306 e. The lowest BCUT2D eigenvalue weighted by Crippen LogP contribution is -2.26. The molecular weight excluding hydrogens is 224 g/mol. The van der Waals surface area contributed by atoms with Crippen LogP contribution in [0, 0.1) is 11.8 Å². The minimum atomic E-state index is 0.463. The standard InChI is InChI=1S/C14H24N4/c1-11(2)18-6-12(4-15-18)5-17-9-13-7-16(3)8-14(13)10-17/h4,6,11,13-14H,5,7-10H2,1-3H3/t13-,14+. The molecule has 0 bridgehead atoms. The Morgan fingerprint density at radius 2 is 1.89 bits per heavy atom. The normalized spacial score (nSPS) is 29.3. The molecule has 100 valence electrons. The number of rotatable bonds is 3. The first-order valence-corrected chi connectivity index (χ1v) is 7.05. The molecule has 0 spiro atoms. The lowest BCUT2D eigenvalue weighted by molar-refractivity contribution is 0.272. The molecule has 2 aliphatic rings. The summed E-state index contributed by atoms with van der Waals surface area (Å²) in [5, 5.41) is 4.42. The van der Waals surface area contributed by atoms with Crippen LogP contribution in [0.3, 0.4) is 0 Å². The van der Waals surface area contributed by atoms with E-state index in [1.54, 1.807) is 0 Å². The van der Waals surface area contributed by atoms with Crippen molar-refractivity contribution in [1.82, 2.24) is 19.6 Å². The zero-order chi connectivity index (χ0) is 12.7. The van der Waals surface area contributed by atoms with Crippen LogP contribution in [-0.2, 0) is 6.54 Å². The van der Waals surface area contributed by atoms with Crippen molar-refractivity contribution in [3.05, 3.63) is 18.0 Å². The molecule has 1 aromatic rings. The van der Waals surface area contributed by atoms with E-state index < -0.39 is 0 Å². The van der Waals surface area contributed by atoms with E-state index in [-0.39, 0.29) is 0 Å². The topological polar surface area (TPSA) is 24.3 Å². The van der Waals surface area contributed by atoms with Crippen molar-refractivity contribution in [3.8, 4) is 0 Å². The number of hydrogen-bond donors (Lipinski definition) is 0. The zero-order valence-corrected chi connectivity index (χ0v) is 11.7. The van der Waals surface area contributed by atoms with Crippen LogP contribution < -0.4 is 0 Å². The van der Waals surface area contributed by atoms with E-state index in [9.17, 15) is 0 Å². The van der Waals surface area contributed by atoms with Crippen molar-refractivity contribution in [2.24, 2.45) is 11.8 Å². The number of likely N-dealkylation sites (tertiary alicyclic amines) is 2. The quantitative estimate of drug-likeness (QED) is 0.809. The summed E-state index contributed by atoms with van der Waals surface area (Å²) in [6.07, 6.45) is 4.23. The van der Waals surface area contributed by atoms with Crippen LogP contribution >= 0.6 is 0 Å². The first-order valence-electron chi connectivity index (χ1n) is 7.05. The van der Waals surface area contributed by atoms with Gasteiger partial charge in [-0.3, -0.25) is 9.58 Å². The van der Waals surface area contributed by atoms with Gasteiger partial charge in [0.2, 0.25) is 0 Å². The predicted molar refractivity (Wildman–Crippen MR) is 72.4 cm³/mol. The maximum absolute atomic E-state index is 4.42. The molecule has 0 radical (unpaired) electrons. The molecule has 4 heteroatoms. The summed E-state index contributed by atoms with van der Waals surface area (Å²) in [5.74, 6) is 1.80. The number of fused-ring (bicyclic) bond motifs is 1. The van der Waals surface area contributed by atoms with E-state index in [1.165, 1.54) is 31.7 Å². The molecule has 3 rings (SSSR count). The molecule has 4 nitrogen and oxygen atoms in total. The van der Waals surface area contributed by atoms with E-state index in [1.807, 2.05) is 6.20 Å². The Balaban J connectivity index is 1.58. The lowest BCUT2D eigenvalue weighted by atomic mass is 10.0. The summed E-state index contributed by atoms with van der Waals surface area (Å²) in [5.41, 5.74) is 1.36. The van der Waals surface area contributed by atoms with E-state index >= 15 is 0 Å². The molecular formula is C14H24N4. The minimum absolute atomic E-state index is 0.463. The molecule has 18 heavy (non-hydrogen) atoms. The van der Waals surface area contributed by atoms with Crippen LogP contribution in [0.1, 0.15) is 25.5 Å². The third-order valence-corrected chi connectivity index (χ3v) is 4.33. The van der Waals surface area contributed by atoms with Gasteiger partial charge in [0.1, 0.15) is 0 Å². The van der Waals surface area contributed by atoms with Gasteiger partial charge in [-0.1, -0.05) is 0 Å². The second-order valence-electron chi connectivity index (χ2n) is 6.36. The first-order chi connectivity index (χ1) is 8.61. The van der Waals surface area contributed by atoms with Crippen molar-refractivity contribution in [2.75, 3.05) is 33.2 Å². The first kappa shape index (κ1) is 12.2. The Bertz CT molecular complexity index is 398. The zero-order valence-electron chi connectivity index (χ0n) is 11.7. The number of aromatic nitrogens is 2. The van der Waals surface area contributed by atoms with Gasteiger partial charge in [0.15, 0.2) is 0 Å². The summed E-state index contributed by atoms with van der Waals surface area (Å²) in [6.45, 7) is 10.5. The second-order valence-corrected chi connectivity index (χ2v) is 6.36. The maximum atomic E-state index is 4.42. The third kappa shape index (κ3) is 2.31. The molecule has 2 aliphatic heterocycles. The number of nitrogens with zero attached hydrogens (tertiary/aromatic N) is 4. The SMILES string of the molecule is CC(C)n1cc(CN2C[C@H]3CN(C)C[C@H]3C2)cn1. The highest BCUT2D eigenvalue weighted by Gasteiger charge is 2.38. The van der Waals surface area contributed by atoms with Gasteiger partial charge in [-0.05, 0) is 32.7 Å². The van der Waals surface area contributed by atoms with Crippen LogP contribution in [0.2, 0.25) is 0 Å². The summed E-state index contributed by atoms with van der Waals surface area (Å²) in [7, 11) is 2.25. The highest BCUT2D eigenvalue weighted by molar-refractivity contribution is 5.05. The monoisotopic (exact) mass is 248 g/mol. The van der Waals surface area contributed by atoms with E-state index in [2.05, 4.69) is 46.7 Å². The van der Waals surface area contributed by atoms with E-state index in [0.29, 0.717) is 6.04 Å². The Morgan fingerprint density at radius 1 is 1.22 bits per heavy atom. The Morgan fingerprint density at radius 3 is 2.44 bits per heavy atom. The largest absolute Gasteiger partial charge is 0.306 e. The van der Waals surface area contributed by atoms with E-state index in [4.69, 9.17) is 0 Å². The number of hydrogen-bond acceptors (Lipinski definition) is 3. The molecule has 0 N–H and O–H groups in total. The molecule has 0 aromatic carbocycles. The van der Waals surface area contributed by atoms with Crippen molar-refractivity contribution >= 4 is 0 Å². The molecule has 0 saturated carbocycles. The van der Waals surface area contributed by atoms with E-state index in [0.717, 1.165) is 18.4 Å². The molecule has 3 heterocycles. The van der Waals surface area contributed by atoms with Crippen molar-refractivity contribution in [2.45, 2.75) is 26.4 Å². The molecule has 0 aliphatic carbocycles. The van der Waals surface area contributed by atoms with Gasteiger partial charge in [0.25, 0.3) is 0 Å². The van der Waals surface area contributed by atoms with Gasteiger partial charge in [-0.2, -0.15) is 5.10 Å². The average Bonchev–Trinajstić information content (AvgIpc) is 2.93. The van der Waals surface area contributed by atoms with Gasteiger partial charge < -0.3 is 4.90 Å². The fourth-order valence-electron chi connectivity index (χ4n) is 3.45. The molecule has 2 fully saturated rings. The summed E-state index contributed by atoms with van der Waals surface area (Å²) < 4.78 is 2.06. The van der Waals surface area contributed by atoms with Crippen molar-refractivity contribution in [3.63, 3.8) is 0 Å². The molecule has 0 amide bonds. The van der Waals surface area contributed by atoms with Gasteiger partial charge in [-0.25, -0.2) is 0 Å². The lowest BCUT2D eigenvalue weighted by Gasteiger charge is -2.18. The highest BCUT2D eigenvalue weighted by atomic mass is 15.3. The smallest absolute Gasteiger partial charge is 0.0534 e. The van der Waals surface area contributed by atoms with Crippen LogP contribution in [0.5, 0.6) is 0 Å². The fourth-order valence-corrected chi connectivity index (χ4v) is 3.45. The maximum Gasteiger partial charge on any atom is 0.0534 e. The van der Waals surface area contributed by atoms with Gasteiger partial charge >= 0.3 is 0 Å². The summed E-state index contributed by atoms with van der Waals surface area (Å²) >= 11 is 0. The second kappa shape index (κ2) is 4.67. The summed E-state index contributed by atoms with van der Waals surface area (Å²) in [4.78, 5) is 5.08. The summed E-state index contributed by atoms with van der Waals surface area (Å²) in [6, 6.07) is 0.463. The van der Waals surface area contributed by atoms with Gasteiger partial charge in [-0.15, -0.1) is 0 Å². The van der Waals surface area contributed by atoms with Crippen LogP contribution in [0.15, 0.2) is 12.4 Å². The fraction of sp³-hybridized carbons (Fsp3) is 0.786. The van der Waals surface area contributed by atoms with Crippen LogP contribution in [0.25, 0.3) is 0 Å². The highest BCUT2D eigenvalue weighted by Crippen LogP contribution is 2.30. The van der Waals surface area contributed by atoms with Crippen molar-refractivity contribution < 1.29 is 0 Å². The molecule has 0 unspecified atom stereocenters. The molecule has 2 atom stereocenters. The Hall–Kier alpha value is -0.870. The van der Waals surface area contributed by atoms with Gasteiger partial charge in [0, 0.05) is 50.5 Å². The Kier molecular flexibility index (Phi) is 3.16. The Labute approximate surface area is 110 Å². The predicted octanol–water partition coefficient (Wildman–Crippen LogP) is 1.46. The average molecular weight is 248 g/mol. The van der Waals surface area contributed by atoms with Crippen LogP contribution in [-0.4, -0.2) is 52.8 Å². The van der Waals surface area contributed by atoms with Crippen molar-refractivity contribution in [1.29, 1.82) is 0 Å². The van der Waals surface area contributed by atoms with Gasteiger partial charge in [0.05, 0.1) is 6.20 Å². The molecule has 2 saturated heterocycles.